The van der Waals surface area contributed by atoms with E-state index in [4.69, 9.17) is 14.2 Å². The molecule has 0 bridgehead atoms. The number of benzene rings is 2. The molecule has 11 nitrogen and oxygen atoms in total. The highest BCUT2D eigenvalue weighted by molar-refractivity contribution is 7.89. The van der Waals surface area contributed by atoms with Gasteiger partial charge in [0.25, 0.3) is 10.0 Å². The minimum Gasteiger partial charge on any atom is -0.477 e. The monoisotopic (exact) mass is 512 g/mol. The van der Waals surface area contributed by atoms with E-state index in [0.29, 0.717) is 59.7 Å². The summed E-state index contributed by atoms with van der Waals surface area (Å²) in [6, 6.07) is 11.5. The second-order valence-electron chi connectivity index (χ2n) is 8.18. The number of carboxylic acid groups (broad SMARTS) is 1. The first-order chi connectivity index (χ1) is 17.4. The molecule has 0 aliphatic carbocycles. The summed E-state index contributed by atoms with van der Waals surface area (Å²) in [6.45, 7) is 1.92. The third kappa shape index (κ3) is 4.64. The van der Waals surface area contributed by atoms with E-state index in [1.165, 1.54) is 25.4 Å². The van der Waals surface area contributed by atoms with Crippen molar-refractivity contribution in [3.63, 3.8) is 0 Å². The van der Waals surface area contributed by atoms with Crippen molar-refractivity contribution in [2.75, 3.05) is 33.4 Å². The molecule has 0 saturated carbocycles. The van der Waals surface area contributed by atoms with Crippen LogP contribution >= 0.6 is 0 Å². The van der Waals surface area contributed by atoms with Crippen molar-refractivity contribution in [3.05, 3.63) is 59.9 Å². The van der Waals surface area contributed by atoms with Crippen LogP contribution < -0.4 is 9.57 Å². The minimum atomic E-state index is -3.75. The van der Waals surface area contributed by atoms with Gasteiger partial charge in [0.15, 0.2) is 5.69 Å². The fourth-order valence-electron chi connectivity index (χ4n) is 4.22. The first-order valence-corrected chi connectivity index (χ1v) is 12.6. The molecule has 1 aliphatic heterocycles. The van der Waals surface area contributed by atoms with Crippen LogP contribution in [-0.4, -0.2) is 67.9 Å². The molecule has 36 heavy (non-hydrogen) atoms. The number of hydrogen-bond acceptors (Lipinski definition) is 8. The third-order valence-corrected chi connectivity index (χ3v) is 7.23. The van der Waals surface area contributed by atoms with Gasteiger partial charge < -0.3 is 24.3 Å². The minimum absolute atomic E-state index is 0.0515. The number of nitrogens with one attached hydrogen (secondary N) is 2. The number of hydrogen-bond donors (Lipinski definition) is 3. The van der Waals surface area contributed by atoms with Crippen LogP contribution in [0.4, 0.5) is 0 Å². The number of rotatable bonds is 8. The standard InChI is InChI=1S/C24H24N4O7S/c1-33-14-17-21-19(13-25-23(17)24(29)30)26-18-3-2-4-20(22(18)21)35-15-5-7-16(8-6-15)36(31,32)27-28-9-11-34-12-10-28/h2-8,13,26-27H,9-12,14H2,1H3,(H,29,30). The smallest absolute Gasteiger partial charge is 0.354 e. The maximum absolute atomic E-state index is 12.7. The lowest BCUT2D eigenvalue weighted by Gasteiger charge is -2.26. The number of methoxy groups -OCH3 is 1. The van der Waals surface area contributed by atoms with Gasteiger partial charge in [-0.3, -0.25) is 0 Å². The van der Waals surface area contributed by atoms with E-state index in [-0.39, 0.29) is 17.2 Å². The highest BCUT2D eigenvalue weighted by atomic mass is 32.2. The van der Waals surface area contributed by atoms with Crippen molar-refractivity contribution in [1.29, 1.82) is 0 Å². The molecule has 0 radical (unpaired) electrons. The van der Waals surface area contributed by atoms with Gasteiger partial charge in [-0.25, -0.2) is 23.2 Å². The van der Waals surface area contributed by atoms with E-state index in [2.05, 4.69) is 14.8 Å². The molecule has 0 spiro atoms. The fourth-order valence-corrected chi connectivity index (χ4v) is 5.34. The number of aromatic amines is 1. The number of H-pyrrole nitrogens is 1. The van der Waals surface area contributed by atoms with E-state index >= 15 is 0 Å². The van der Waals surface area contributed by atoms with Crippen LogP contribution in [0.5, 0.6) is 11.5 Å². The Morgan fingerprint density at radius 1 is 1.14 bits per heavy atom. The van der Waals surface area contributed by atoms with Crippen LogP contribution in [-0.2, 0) is 26.1 Å². The first kappa shape index (κ1) is 24.2. The Bertz CT molecular complexity index is 1530. The van der Waals surface area contributed by atoms with Gasteiger partial charge in [-0.2, -0.15) is 0 Å². The second kappa shape index (κ2) is 9.84. The van der Waals surface area contributed by atoms with Gasteiger partial charge >= 0.3 is 5.97 Å². The normalized spacial score (nSPS) is 14.9. The van der Waals surface area contributed by atoms with Crippen molar-refractivity contribution < 1.29 is 32.5 Å². The van der Waals surface area contributed by atoms with Crippen molar-refractivity contribution in [1.82, 2.24) is 19.8 Å². The van der Waals surface area contributed by atoms with Crippen LogP contribution in [0.3, 0.4) is 0 Å². The summed E-state index contributed by atoms with van der Waals surface area (Å²) in [7, 11) is -2.26. The summed E-state index contributed by atoms with van der Waals surface area (Å²) in [6.07, 6.45) is 1.48. The number of fused-ring (bicyclic) bond motifs is 3. The molecule has 12 heteroatoms. The molecular weight excluding hydrogens is 488 g/mol. The molecule has 2 aromatic heterocycles. The molecule has 1 saturated heterocycles. The van der Waals surface area contributed by atoms with Crippen molar-refractivity contribution >= 4 is 37.8 Å². The number of ether oxygens (including phenoxy) is 3. The van der Waals surface area contributed by atoms with Crippen LogP contribution in [0.15, 0.2) is 53.6 Å². The molecular formula is C24H24N4O7S. The molecule has 0 amide bonds. The van der Waals surface area contributed by atoms with Gasteiger partial charge in [0, 0.05) is 31.1 Å². The Labute approximate surface area is 206 Å². The van der Waals surface area contributed by atoms with Crippen LogP contribution in [0.1, 0.15) is 16.1 Å². The molecule has 2 aromatic carbocycles. The highest BCUT2D eigenvalue weighted by Gasteiger charge is 2.22. The zero-order valence-electron chi connectivity index (χ0n) is 19.4. The van der Waals surface area contributed by atoms with Gasteiger partial charge in [-0.1, -0.05) is 6.07 Å². The van der Waals surface area contributed by atoms with E-state index in [1.807, 2.05) is 6.07 Å². The lowest BCUT2D eigenvalue weighted by molar-refractivity contribution is 0.0272. The van der Waals surface area contributed by atoms with E-state index in [0.717, 1.165) is 5.52 Å². The third-order valence-electron chi connectivity index (χ3n) is 5.84. The van der Waals surface area contributed by atoms with Crippen molar-refractivity contribution in [3.8, 4) is 11.5 Å². The molecule has 5 rings (SSSR count). The predicted molar refractivity (Wildman–Crippen MR) is 131 cm³/mol. The molecule has 0 unspecified atom stereocenters. The van der Waals surface area contributed by atoms with Crippen molar-refractivity contribution in [2.24, 2.45) is 0 Å². The first-order valence-electron chi connectivity index (χ1n) is 11.1. The van der Waals surface area contributed by atoms with Gasteiger partial charge in [0.2, 0.25) is 0 Å². The second-order valence-corrected chi connectivity index (χ2v) is 9.84. The summed E-state index contributed by atoms with van der Waals surface area (Å²) in [4.78, 5) is 21.8. The molecule has 3 heterocycles. The Hall–Kier alpha value is -3.55. The quantitative estimate of drug-likeness (QED) is 0.325. The largest absolute Gasteiger partial charge is 0.477 e. The number of aromatic nitrogens is 2. The molecule has 4 aromatic rings. The number of nitrogens with zero attached hydrogens (tertiary/aromatic N) is 2. The van der Waals surface area contributed by atoms with Crippen LogP contribution in [0.2, 0.25) is 0 Å². The lowest BCUT2D eigenvalue weighted by atomic mass is 10.1. The van der Waals surface area contributed by atoms with Gasteiger partial charge in [0.05, 0.1) is 47.3 Å². The Balaban J connectivity index is 1.49. The van der Waals surface area contributed by atoms with Crippen molar-refractivity contribution in [2.45, 2.75) is 11.5 Å². The molecule has 1 fully saturated rings. The lowest BCUT2D eigenvalue weighted by Crippen LogP contribution is -2.48. The zero-order valence-corrected chi connectivity index (χ0v) is 20.2. The maximum atomic E-state index is 12.7. The number of carbonyl (C=O) groups is 1. The number of morpholine rings is 1. The average molecular weight is 513 g/mol. The number of pyridine rings is 1. The highest BCUT2D eigenvalue weighted by Crippen LogP contribution is 2.38. The molecule has 3 N–H and O–H groups in total. The molecule has 188 valence electrons. The summed E-state index contributed by atoms with van der Waals surface area (Å²) >= 11 is 0. The zero-order chi connectivity index (χ0) is 25.3. The Morgan fingerprint density at radius 2 is 1.89 bits per heavy atom. The fraction of sp³-hybridized carbons (Fsp3) is 0.250. The van der Waals surface area contributed by atoms with Crippen LogP contribution in [0, 0.1) is 0 Å². The van der Waals surface area contributed by atoms with E-state index in [9.17, 15) is 18.3 Å². The summed E-state index contributed by atoms with van der Waals surface area (Å²) in [5.41, 5.74) is 1.72. The number of carboxylic acids is 1. The number of sulfonamides is 1. The average Bonchev–Trinajstić information content (AvgIpc) is 3.25. The Kier molecular flexibility index (Phi) is 6.60. The summed E-state index contributed by atoms with van der Waals surface area (Å²) in [5, 5.41) is 12.6. The maximum Gasteiger partial charge on any atom is 0.354 e. The van der Waals surface area contributed by atoms with Gasteiger partial charge in [-0.15, -0.1) is 4.83 Å². The Morgan fingerprint density at radius 3 is 2.58 bits per heavy atom. The van der Waals surface area contributed by atoms with Gasteiger partial charge in [0.1, 0.15) is 11.5 Å². The number of aromatic carboxylic acids is 1. The summed E-state index contributed by atoms with van der Waals surface area (Å²) in [5.74, 6) is -0.261. The van der Waals surface area contributed by atoms with Crippen LogP contribution in [0.25, 0.3) is 21.8 Å². The predicted octanol–water partition coefficient (Wildman–Crippen LogP) is 2.88. The SMILES string of the molecule is COCc1c(C(=O)O)ncc2[nH]c3cccc(Oc4ccc(S(=O)(=O)NN5CCOCC5)cc4)c3c12. The molecule has 1 aliphatic rings. The van der Waals surface area contributed by atoms with Gasteiger partial charge in [-0.05, 0) is 36.4 Å². The topological polar surface area (TPSA) is 143 Å². The van der Waals surface area contributed by atoms with E-state index < -0.39 is 16.0 Å². The molecule has 0 atom stereocenters. The summed E-state index contributed by atoms with van der Waals surface area (Å²) < 4.78 is 42.1. The number of hydrazine groups is 1. The van der Waals surface area contributed by atoms with E-state index in [1.54, 1.807) is 29.3 Å².